The molecule has 1 saturated carbocycles. The van der Waals surface area contributed by atoms with Crippen molar-refractivity contribution in [1.29, 1.82) is 0 Å². The van der Waals surface area contributed by atoms with Gasteiger partial charge in [0.2, 0.25) is 5.89 Å². The predicted octanol–water partition coefficient (Wildman–Crippen LogP) is 3.44. The fraction of sp³-hybridized carbons (Fsp3) is 0.467. The average Bonchev–Trinajstić information content (AvgIpc) is 2.92. The first kappa shape index (κ1) is 14.5. The summed E-state index contributed by atoms with van der Waals surface area (Å²) < 4.78 is 19.1. The minimum Gasteiger partial charge on any atom is -0.339 e. The zero-order valence-corrected chi connectivity index (χ0v) is 12.3. The van der Waals surface area contributed by atoms with Gasteiger partial charge >= 0.3 is 0 Å². The molecule has 1 aromatic heterocycles. The molecule has 2 N–H and O–H groups in total. The van der Waals surface area contributed by atoms with Crippen LogP contribution in [0.25, 0.3) is 0 Å². The van der Waals surface area contributed by atoms with Crippen LogP contribution < -0.4 is 5.73 Å². The van der Waals surface area contributed by atoms with Crippen molar-refractivity contribution in [3.63, 3.8) is 0 Å². The fourth-order valence-corrected chi connectivity index (χ4v) is 3.05. The Kier molecular flexibility index (Phi) is 4.22. The molecule has 0 bridgehead atoms. The summed E-state index contributed by atoms with van der Waals surface area (Å²) in [7, 11) is 0. The van der Waals surface area contributed by atoms with E-state index in [2.05, 4.69) is 10.1 Å². The Bertz CT molecular complexity index is 611. The summed E-state index contributed by atoms with van der Waals surface area (Å²) in [6.07, 6.45) is 4.22. The molecule has 6 heteroatoms. The highest BCUT2D eigenvalue weighted by molar-refractivity contribution is 6.31. The molecule has 1 aliphatic rings. The van der Waals surface area contributed by atoms with Crippen LogP contribution in [0.4, 0.5) is 4.39 Å². The maximum atomic E-state index is 13.8. The molecular formula is C15H17ClFN3O. The molecule has 21 heavy (non-hydrogen) atoms. The van der Waals surface area contributed by atoms with Gasteiger partial charge in [-0.05, 0) is 31.4 Å². The highest BCUT2D eigenvalue weighted by atomic mass is 35.5. The Balaban J connectivity index is 1.76. The number of hydrogen-bond donors (Lipinski definition) is 1. The quantitative estimate of drug-likeness (QED) is 0.943. The van der Waals surface area contributed by atoms with E-state index in [1.807, 2.05) is 0 Å². The first-order valence-corrected chi connectivity index (χ1v) is 7.52. The molecule has 0 radical (unpaired) electrons. The van der Waals surface area contributed by atoms with Crippen molar-refractivity contribution < 1.29 is 8.91 Å². The third-order valence-corrected chi connectivity index (χ3v) is 4.30. The summed E-state index contributed by atoms with van der Waals surface area (Å²) in [6, 6.07) is 4.80. The van der Waals surface area contributed by atoms with E-state index in [0.717, 1.165) is 25.7 Å². The van der Waals surface area contributed by atoms with Gasteiger partial charge in [-0.1, -0.05) is 29.2 Å². The van der Waals surface area contributed by atoms with Crippen LogP contribution in [0, 0.1) is 5.82 Å². The van der Waals surface area contributed by atoms with Gasteiger partial charge in [-0.3, -0.25) is 0 Å². The van der Waals surface area contributed by atoms with Crippen molar-refractivity contribution in [3.8, 4) is 0 Å². The Labute approximate surface area is 127 Å². The van der Waals surface area contributed by atoms with Gasteiger partial charge in [0.1, 0.15) is 5.82 Å². The number of hydrogen-bond acceptors (Lipinski definition) is 4. The van der Waals surface area contributed by atoms with E-state index in [1.165, 1.54) is 6.07 Å². The highest BCUT2D eigenvalue weighted by Gasteiger charge is 2.25. The molecule has 0 aliphatic heterocycles. The van der Waals surface area contributed by atoms with E-state index >= 15 is 0 Å². The smallest absolute Gasteiger partial charge is 0.229 e. The first-order chi connectivity index (χ1) is 10.1. The summed E-state index contributed by atoms with van der Waals surface area (Å²) in [5, 5.41) is 4.32. The predicted molar refractivity (Wildman–Crippen MR) is 77.7 cm³/mol. The van der Waals surface area contributed by atoms with Crippen LogP contribution in [-0.4, -0.2) is 16.2 Å². The molecule has 2 unspecified atom stereocenters. The molecule has 1 heterocycles. The molecule has 4 nitrogen and oxygen atoms in total. The van der Waals surface area contributed by atoms with Crippen molar-refractivity contribution in [2.75, 3.05) is 0 Å². The molecule has 0 amide bonds. The lowest BCUT2D eigenvalue weighted by Crippen LogP contribution is -2.26. The van der Waals surface area contributed by atoms with Gasteiger partial charge in [-0.25, -0.2) is 4.39 Å². The Morgan fingerprint density at radius 3 is 3.00 bits per heavy atom. The van der Waals surface area contributed by atoms with Crippen molar-refractivity contribution in [3.05, 3.63) is 46.3 Å². The van der Waals surface area contributed by atoms with Crippen LogP contribution in [-0.2, 0) is 6.42 Å². The van der Waals surface area contributed by atoms with Gasteiger partial charge < -0.3 is 10.3 Å². The standard InChI is InChI=1S/C15H17ClFN3O/c16-12-5-2-6-13(17)11(12)8-14-19-15(21-20-14)9-3-1-4-10(18)7-9/h2,5-6,9-10H,1,3-4,7-8,18H2. The van der Waals surface area contributed by atoms with Crippen LogP contribution in [0.1, 0.15) is 48.9 Å². The van der Waals surface area contributed by atoms with E-state index in [-0.39, 0.29) is 24.2 Å². The normalized spacial score (nSPS) is 22.4. The average molecular weight is 310 g/mol. The molecule has 0 saturated heterocycles. The zero-order chi connectivity index (χ0) is 14.8. The lowest BCUT2D eigenvalue weighted by atomic mass is 9.86. The summed E-state index contributed by atoms with van der Waals surface area (Å²) in [6.45, 7) is 0. The molecular weight excluding hydrogens is 293 g/mol. The second-order valence-corrected chi connectivity index (χ2v) is 5.96. The molecule has 1 fully saturated rings. The highest BCUT2D eigenvalue weighted by Crippen LogP contribution is 2.31. The summed E-state index contributed by atoms with van der Waals surface area (Å²) in [5.74, 6) is 0.920. The topological polar surface area (TPSA) is 64.9 Å². The third-order valence-electron chi connectivity index (χ3n) is 3.94. The second kappa shape index (κ2) is 6.12. The van der Waals surface area contributed by atoms with Crippen molar-refractivity contribution in [2.24, 2.45) is 5.73 Å². The van der Waals surface area contributed by atoms with Gasteiger partial charge in [0.15, 0.2) is 5.82 Å². The Hall–Kier alpha value is -1.46. The molecule has 112 valence electrons. The summed E-state index contributed by atoms with van der Waals surface area (Å²) >= 11 is 6.01. The van der Waals surface area contributed by atoms with Gasteiger partial charge in [-0.2, -0.15) is 4.98 Å². The van der Waals surface area contributed by atoms with Gasteiger partial charge in [0.25, 0.3) is 0 Å². The molecule has 3 rings (SSSR count). The molecule has 1 aromatic carbocycles. The maximum Gasteiger partial charge on any atom is 0.229 e. The number of nitrogens with two attached hydrogens (primary N) is 1. The van der Waals surface area contributed by atoms with Crippen molar-refractivity contribution >= 4 is 11.6 Å². The first-order valence-electron chi connectivity index (χ1n) is 7.14. The second-order valence-electron chi connectivity index (χ2n) is 5.55. The number of benzene rings is 1. The number of aromatic nitrogens is 2. The number of nitrogens with zero attached hydrogens (tertiary/aromatic N) is 2. The van der Waals surface area contributed by atoms with Crippen molar-refractivity contribution in [1.82, 2.24) is 10.1 Å². The van der Waals surface area contributed by atoms with Crippen LogP contribution >= 0.6 is 11.6 Å². The maximum absolute atomic E-state index is 13.8. The summed E-state index contributed by atoms with van der Waals surface area (Å²) in [4.78, 5) is 4.39. The Morgan fingerprint density at radius 1 is 1.38 bits per heavy atom. The fourth-order valence-electron chi connectivity index (χ4n) is 2.82. The van der Waals surface area contributed by atoms with E-state index in [1.54, 1.807) is 12.1 Å². The molecule has 2 aromatic rings. The Morgan fingerprint density at radius 2 is 2.24 bits per heavy atom. The number of rotatable bonds is 3. The van der Waals surface area contributed by atoms with Gasteiger partial charge in [-0.15, -0.1) is 0 Å². The van der Waals surface area contributed by atoms with Crippen LogP contribution in [0.15, 0.2) is 22.7 Å². The van der Waals surface area contributed by atoms with Crippen LogP contribution in [0.2, 0.25) is 5.02 Å². The van der Waals surface area contributed by atoms with Gasteiger partial charge in [0, 0.05) is 29.0 Å². The van der Waals surface area contributed by atoms with Crippen LogP contribution in [0.3, 0.4) is 0 Å². The minimum atomic E-state index is -0.353. The third kappa shape index (κ3) is 3.24. The lowest BCUT2D eigenvalue weighted by molar-refractivity contribution is 0.297. The molecule has 0 spiro atoms. The van der Waals surface area contributed by atoms with Gasteiger partial charge in [0.05, 0.1) is 0 Å². The lowest BCUT2D eigenvalue weighted by Gasteiger charge is -2.23. The largest absolute Gasteiger partial charge is 0.339 e. The molecule has 1 aliphatic carbocycles. The van der Waals surface area contributed by atoms with E-state index in [9.17, 15) is 4.39 Å². The van der Waals surface area contributed by atoms with E-state index in [0.29, 0.717) is 22.3 Å². The number of halogens is 2. The monoisotopic (exact) mass is 309 g/mol. The minimum absolute atomic E-state index is 0.195. The zero-order valence-electron chi connectivity index (χ0n) is 11.6. The summed E-state index contributed by atoms with van der Waals surface area (Å²) in [5.41, 5.74) is 6.37. The van der Waals surface area contributed by atoms with E-state index in [4.69, 9.17) is 21.9 Å². The van der Waals surface area contributed by atoms with Crippen molar-refractivity contribution in [2.45, 2.75) is 44.1 Å². The molecule has 2 atom stereocenters. The van der Waals surface area contributed by atoms with Crippen LogP contribution in [0.5, 0.6) is 0 Å². The van der Waals surface area contributed by atoms with E-state index < -0.39 is 0 Å². The SMILES string of the molecule is NC1CCCC(c2nc(Cc3c(F)cccc3Cl)no2)C1.